The van der Waals surface area contributed by atoms with Gasteiger partial charge in [0.05, 0.1) is 12.1 Å². The molecule has 0 radical (unpaired) electrons. The molecule has 0 aromatic heterocycles. The minimum absolute atomic E-state index is 0.0969. The van der Waals surface area contributed by atoms with Gasteiger partial charge in [-0.05, 0) is 31.1 Å². The van der Waals surface area contributed by atoms with Gasteiger partial charge in [0, 0.05) is 13.1 Å². The van der Waals surface area contributed by atoms with Crippen molar-refractivity contribution in [2.75, 3.05) is 13.1 Å². The number of nitriles is 2. The van der Waals surface area contributed by atoms with Gasteiger partial charge in [-0.25, -0.2) is 0 Å². The summed E-state index contributed by atoms with van der Waals surface area (Å²) >= 11 is 0. The van der Waals surface area contributed by atoms with Gasteiger partial charge in [0.25, 0.3) is 0 Å². The molecule has 20 heavy (non-hydrogen) atoms. The summed E-state index contributed by atoms with van der Waals surface area (Å²) in [6.07, 6.45) is 3.98. The second-order valence-corrected chi connectivity index (χ2v) is 5.18. The number of carbonyl (C=O) groups excluding carboxylic acids is 2. The predicted octanol–water partition coefficient (Wildman–Crippen LogP) is 0.853. The van der Waals surface area contributed by atoms with Crippen LogP contribution in [0.2, 0.25) is 0 Å². The third-order valence-corrected chi connectivity index (χ3v) is 3.55. The summed E-state index contributed by atoms with van der Waals surface area (Å²) in [5.74, 6) is 0.363. The maximum Gasteiger partial charge on any atom is 0.234 e. The molecular weight excluding hydrogens is 256 g/mol. The molecule has 0 spiro atoms. The Bertz CT molecular complexity index is 384. The van der Waals surface area contributed by atoms with Gasteiger partial charge in [0.1, 0.15) is 12.8 Å². The Morgan fingerprint density at radius 2 is 1.40 bits per heavy atom. The van der Waals surface area contributed by atoms with Crippen LogP contribution in [0.25, 0.3) is 0 Å². The minimum Gasteiger partial charge on any atom is -0.355 e. The molecule has 0 unspecified atom stereocenters. The maximum absolute atomic E-state index is 11.2. The van der Waals surface area contributed by atoms with Gasteiger partial charge in [-0.3, -0.25) is 9.59 Å². The third-order valence-electron chi connectivity index (χ3n) is 3.55. The molecular formula is C14H20N4O2. The molecule has 1 rings (SSSR count). The molecule has 0 aromatic carbocycles. The predicted molar refractivity (Wildman–Crippen MR) is 71.9 cm³/mol. The lowest BCUT2D eigenvalue weighted by molar-refractivity contribution is -0.120. The van der Waals surface area contributed by atoms with Crippen molar-refractivity contribution >= 4 is 11.8 Å². The molecule has 1 fully saturated rings. The molecule has 2 amide bonds. The molecule has 108 valence electrons. The second kappa shape index (κ2) is 8.92. The molecule has 0 aliphatic heterocycles. The van der Waals surface area contributed by atoms with Crippen molar-refractivity contribution in [2.24, 2.45) is 11.8 Å². The van der Waals surface area contributed by atoms with E-state index in [-0.39, 0.29) is 24.7 Å². The Hall–Kier alpha value is -2.08. The lowest BCUT2D eigenvalue weighted by Gasteiger charge is -2.29. The van der Waals surface area contributed by atoms with E-state index in [0.29, 0.717) is 24.9 Å². The van der Waals surface area contributed by atoms with E-state index < -0.39 is 0 Å². The molecule has 0 saturated heterocycles. The molecule has 0 bridgehead atoms. The van der Waals surface area contributed by atoms with Crippen molar-refractivity contribution in [2.45, 2.75) is 38.5 Å². The Morgan fingerprint density at radius 1 is 0.950 bits per heavy atom. The summed E-state index contributed by atoms with van der Waals surface area (Å²) in [7, 11) is 0. The van der Waals surface area contributed by atoms with E-state index in [9.17, 15) is 9.59 Å². The fourth-order valence-corrected chi connectivity index (χ4v) is 2.56. The number of carbonyl (C=O) groups is 2. The SMILES string of the molecule is N#CCC(=O)NC[C@H]1CCC[C@H](CNC(=O)CC#N)C1. The number of hydrogen-bond donors (Lipinski definition) is 2. The highest BCUT2D eigenvalue weighted by Crippen LogP contribution is 2.28. The van der Waals surface area contributed by atoms with Crippen LogP contribution in [0.15, 0.2) is 0 Å². The van der Waals surface area contributed by atoms with Gasteiger partial charge in [0.2, 0.25) is 11.8 Å². The molecule has 2 atom stereocenters. The Balaban J connectivity index is 2.25. The summed E-state index contributed by atoms with van der Waals surface area (Å²) in [5, 5.41) is 22.3. The normalized spacial score (nSPS) is 21.3. The van der Waals surface area contributed by atoms with Gasteiger partial charge in [0.15, 0.2) is 0 Å². The van der Waals surface area contributed by atoms with Crippen molar-refractivity contribution in [1.82, 2.24) is 10.6 Å². The molecule has 0 heterocycles. The number of rotatable bonds is 6. The zero-order chi connectivity index (χ0) is 14.8. The van der Waals surface area contributed by atoms with Crippen LogP contribution in [0, 0.1) is 34.5 Å². The summed E-state index contributed by atoms with van der Waals surface area (Å²) in [6, 6.07) is 3.65. The molecule has 1 aliphatic carbocycles. The van der Waals surface area contributed by atoms with E-state index in [1.807, 2.05) is 12.1 Å². The zero-order valence-electron chi connectivity index (χ0n) is 11.5. The van der Waals surface area contributed by atoms with Crippen LogP contribution in [-0.4, -0.2) is 24.9 Å². The smallest absolute Gasteiger partial charge is 0.234 e. The maximum atomic E-state index is 11.2. The Labute approximate surface area is 119 Å². The zero-order valence-corrected chi connectivity index (χ0v) is 11.5. The summed E-state index contributed by atoms with van der Waals surface area (Å²) < 4.78 is 0. The molecule has 2 N–H and O–H groups in total. The van der Waals surface area contributed by atoms with Crippen molar-refractivity contribution < 1.29 is 9.59 Å². The van der Waals surface area contributed by atoms with Crippen LogP contribution in [0.4, 0.5) is 0 Å². The van der Waals surface area contributed by atoms with Crippen LogP contribution in [0.3, 0.4) is 0 Å². The summed E-state index contributed by atoms with van der Waals surface area (Å²) in [4.78, 5) is 22.5. The molecule has 6 heteroatoms. The first-order chi connectivity index (χ1) is 9.65. The number of hydrogen-bond acceptors (Lipinski definition) is 4. The van der Waals surface area contributed by atoms with E-state index >= 15 is 0 Å². The monoisotopic (exact) mass is 276 g/mol. The highest BCUT2D eigenvalue weighted by molar-refractivity contribution is 5.78. The van der Waals surface area contributed by atoms with Crippen LogP contribution in [0.5, 0.6) is 0 Å². The van der Waals surface area contributed by atoms with Gasteiger partial charge in [-0.2, -0.15) is 10.5 Å². The van der Waals surface area contributed by atoms with Crippen molar-refractivity contribution in [3.05, 3.63) is 0 Å². The minimum atomic E-state index is -0.225. The molecule has 6 nitrogen and oxygen atoms in total. The fraction of sp³-hybridized carbons (Fsp3) is 0.714. The molecule has 1 saturated carbocycles. The van der Waals surface area contributed by atoms with E-state index in [0.717, 1.165) is 25.7 Å². The van der Waals surface area contributed by atoms with Gasteiger partial charge in [-0.1, -0.05) is 6.42 Å². The quantitative estimate of drug-likeness (QED) is 0.750. The highest BCUT2D eigenvalue weighted by Gasteiger charge is 2.22. The van der Waals surface area contributed by atoms with Crippen LogP contribution in [0.1, 0.15) is 38.5 Å². The summed E-state index contributed by atoms with van der Waals surface area (Å²) in [5.41, 5.74) is 0. The topological polar surface area (TPSA) is 106 Å². The molecule has 0 aromatic rings. The van der Waals surface area contributed by atoms with Gasteiger partial charge >= 0.3 is 0 Å². The lowest BCUT2D eigenvalue weighted by Crippen LogP contribution is -2.35. The number of nitrogens with zero attached hydrogens (tertiary/aromatic N) is 2. The van der Waals surface area contributed by atoms with E-state index in [1.54, 1.807) is 0 Å². The van der Waals surface area contributed by atoms with E-state index in [2.05, 4.69) is 10.6 Å². The number of nitrogens with one attached hydrogen (secondary N) is 2. The second-order valence-electron chi connectivity index (χ2n) is 5.18. The van der Waals surface area contributed by atoms with Crippen molar-refractivity contribution in [3.63, 3.8) is 0 Å². The first-order valence-corrected chi connectivity index (χ1v) is 6.93. The Kier molecular flexibility index (Phi) is 7.13. The standard InChI is InChI=1S/C14H20N4O2/c15-6-4-13(19)17-9-11-2-1-3-12(8-11)10-18-14(20)5-7-16/h11-12H,1-5,8-10H2,(H,17,19)(H,18,20)/t11-,12-/m0/s1. The van der Waals surface area contributed by atoms with Crippen molar-refractivity contribution in [3.8, 4) is 12.1 Å². The van der Waals surface area contributed by atoms with Gasteiger partial charge < -0.3 is 10.6 Å². The van der Waals surface area contributed by atoms with E-state index in [1.165, 1.54) is 0 Å². The van der Waals surface area contributed by atoms with Crippen LogP contribution >= 0.6 is 0 Å². The van der Waals surface area contributed by atoms with Gasteiger partial charge in [-0.15, -0.1) is 0 Å². The van der Waals surface area contributed by atoms with Crippen LogP contribution < -0.4 is 10.6 Å². The number of amides is 2. The Morgan fingerprint density at radius 3 is 1.80 bits per heavy atom. The third kappa shape index (κ3) is 6.19. The largest absolute Gasteiger partial charge is 0.355 e. The first kappa shape index (κ1) is 16.0. The molecule has 1 aliphatic rings. The highest BCUT2D eigenvalue weighted by atomic mass is 16.2. The average Bonchev–Trinajstić information content (AvgIpc) is 2.44. The lowest BCUT2D eigenvalue weighted by atomic mass is 9.81. The summed E-state index contributed by atoms with van der Waals surface area (Å²) in [6.45, 7) is 1.20. The first-order valence-electron chi connectivity index (χ1n) is 6.93. The fourth-order valence-electron chi connectivity index (χ4n) is 2.56. The van der Waals surface area contributed by atoms with E-state index in [4.69, 9.17) is 10.5 Å². The average molecular weight is 276 g/mol. The van der Waals surface area contributed by atoms with Crippen LogP contribution in [-0.2, 0) is 9.59 Å². The van der Waals surface area contributed by atoms with Crippen molar-refractivity contribution in [1.29, 1.82) is 10.5 Å².